The maximum Gasteiger partial charge on any atom is 0.229 e. The van der Waals surface area contributed by atoms with Gasteiger partial charge in [0.25, 0.3) is 0 Å². The zero-order valence-corrected chi connectivity index (χ0v) is 13.4. The maximum atomic E-state index is 12.4. The van der Waals surface area contributed by atoms with E-state index in [0.29, 0.717) is 12.2 Å². The van der Waals surface area contributed by atoms with Crippen LogP contribution < -0.4 is 10.2 Å². The van der Waals surface area contributed by atoms with E-state index < -0.39 is 0 Å². The predicted molar refractivity (Wildman–Crippen MR) is 91.8 cm³/mol. The Morgan fingerprint density at radius 2 is 1.92 bits per heavy atom. The van der Waals surface area contributed by atoms with Gasteiger partial charge in [-0.3, -0.25) is 14.6 Å². The number of carbonyl (C=O) groups is 2. The first-order chi connectivity index (χ1) is 11.7. The lowest BCUT2D eigenvalue weighted by molar-refractivity contribution is -0.122. The van der Waals surface area contributed by atoms with E-state index in [2.05, 4.69) is 22.4 Å². The van der Waals surface area contributed by atoms with Crippen molar-refractivity contribution in [3.8, 4) is 0 Å². The third-order valence-electron chi connectivity index (χ3n) is 4.84. The van der Waals surface area contributed by atoms with Crippen molar-refractivity contribution >= 4 is 23.2 Å². The topological polar surface area (TPSA) is 62.3 Å². The molecule has 1 aromatic carbocycles. The molecule has 1 fully saturated rings. The molecule has 1 aliphatic heterocycles. The van der Waals surface area contributed by atoms with E-state index >= 15 is 0 Å². The summed E-state index contributed by atoms with van der Waals surface area (Å²) >= 11 is 0. The van der Waals surface area contributed by atoms with E-state index in [1.807, 2.05) is 6.07 Å². The summed E-state index contributed by atoms with van der Waals surface area (Å²) in [6, 6.07) is 9.73. The summed E-state index contributed by atoms with van der Waals surface area (Å²) in [6.45, 7) is 0.439. The van der Waals surface area contributed by atoms with Crippen molar-refractivity contribution in [3.63, 3.8) is 0 Å². The Balaban J connectivity index is 1.48. The van der Waals surface area contributed by atoms with Crippen LogP contribution in [-0.2, 0) is 22.4 Å². The number of anilines is 2. The number of hydrogen-bond donors (Lipinski definition) is 1. The van der Waals surface area contributed by atoms with Gasteiger partial charge in [-0.1, -0.05) is 6.07 Å². The molecule has 5 nitrogen and oxygen atoms in total. The first kappa shape index (κ1) is 14.9. The Hall–Kier alpha value is -2.69. The van der Waals surface area contributed by atoms with Gasteiger partial charge < -0.3 is 10.2 Å². The van der Waals surface area contributed by atoms with Gasteiger partial charge in [0.15, 0.2) is 0 Å². The summed E-state index contributed by atoms with van der Waals surface area (Å²) in [5.74, 6) is -0.417. The Morgan fingerprint density at radius 3 is 2.75 bits per heavy atom. The van der Waals surface area contributed by atoms with Crippen LogP contribution in [0.25, 0.3) is 0 Å². The van der Waals surface area contributed by atoms with E-state index in [1.54, 1.807) is 29.4 Å². The number of amides is 2. The van der Waals surface area contributed by atoms with Gasteiger partial charge in [-0.15, -0.1) is 0 Å². The fraction of sp³-hybridized carbons (Fsp3) is 0.316. The molecule has 2 amide bonds. The van der Waals surface area contributed by atoms with Gasteiger partial charge in [-0.25, -0.2) is 0 Å². The maximum absolute atomic E-state index is 12.4. The van der Waals surface area contributed by atoms with Crippen molar-refractivity contribution in [3.05, 3.63) is 53.9 Å². The number of nitrogens with one attached hydrogen (secondary N) is 1. The minimum atomic E-state index is -0.320. The fourth-order valence-corrected chi connectivity index (χ4v) is 3.54. The molecule has 0 bridgehead atoms. The molecular weight excluding hydrogens is 302 g/mol. The number of pyridine rings is 1. The second-order valence-electron chi connectivity index (χ2n) is 6.44. The van der Waals surface area contributed by atoms with E-state index in [-0.39, 0.29) is 24.2 Å². The molecule has 4 rings (SSSR count). The molecule has 5 heteroatoms. The quantitative estimate of drug-likeness (QED) is 0.945. The zero-order chi connectivity index (χ0) is 16.5. The lowest BCUT2D eigenvalue weighted by atomic mass is 10.1. The van der Waals surface area contributed by atoms with Crippen LogP contribution in [0.15, 0.2) is 42.7 Å². The van der Waals surface area contributed by atoms with Crippen LogP contribution in [0.4, 0.5) is 11.4 Å². The Kier molecular flexibility index (Phi) is 3.76. The van der Waals surface area contributed by atoms with Crippen LogP contribution in [0.1, 0.15) is 24.0 Å². The van der Waals surface area contributed by atoms with Crippen LogP contribution in [0, 0.1) is 5.92 Å². The van der Waals surface area contributed by atoms with Gasteiger partial charge in [0.05, 0.1) is 5.92 Å². The highest BCUT2D eigenvalue weighted by Crippen LogP contribution is 2.30. The monoisotopic (exact) mass is 321 g/mol. The lowest BCUT2D eigenvalue weighted by Crippen LogP contribution is -2.28. The van der Waals surface area contributed by atoms with Gasteiger partial charge in [0, 0.05) is 36.7 Å². The van der Waals surface area contributed by atoms with Gasteiger partial charge in [-0.2, -0.15) is 0 Å². The van der Waals surface area contributed by atoms with Crippen molar-refractivity contribution in [1.29, 1.82) is 0 Å². The summed E-state index contributed by atoms with van der Waals surface area (Å²) in [6.07, 6.45) is 6.91. The van der Waals surface area contributed by atoms with E-state index in [1.165, 1.54) is 17.5 Å². The predicted octanol–water partition coefficient (Wildman–Crippen LogP) is 2.56. The van der Waals surface area contributed by atoms with Crippen LogP contribution in [0.3, 0.4) is 0 Å². The van der Waals surface area contributed by atoms with E-state index in [9.17, 15) is 9.59 Å². The largest absolute Gasteiger partial charge is 0.326 e. The second kappa shape index (κ2) is 6.07. The van der Waals surface area contributed by atoms with Gasteiger partial charge in [0.2, 0.25) is 11.8 Å². The first-order valence-corrected chi connectivity index (χ1v) is 8.34. The molecule has 1 aliphatic carbocycles. The van der Waals surface area contributed by atoms with Crippen LogP contribution in [0.5, 0.6) is 0 Å². The van der Waals surface area contributed by atoms with Crippen LogP contribution >= 0.6 is 0 Å². The summed E-state index contributed by atoms with van der Waals surface area (Å²) < 4.78 is 0. The number of carbonyl (C=O) groups excluding carboxylic acids is 2. The number of hydrogen-bond acceptors (Lipinski definition) is 3. The Bertz CT molecular complexity index is 788. The molecule has 1 saturated heterocycles. The first-order valence-electron chi connectivity index (χ1n) is 8.34. The Morgan fingerprint density at radius 1 is 1.12 bits per heavy atom. The lowest BCUT2D eigenvalue weighted by Gasteiger charge is -2.18. The molecule has 1 atom stereocenters. The second-order valence-corrected chi connectivity index (χ2v) is 6.44. The van der Waals surface area contributed by atoms with Crippen molar-refractivity contribution in [2.45, 2.75) is 25.7 Å². The highest BCUT2D eigenvalue weighted by atomic mass is 16.2. The molecule has 1 aromatic heterocycles. The van der Waals surface area contributed by atoms with E-state index in [0.717, 1.165) is 18.5 Å². The number of nitrogens with zero attached hydrogens (tertiary/aromatic N) is 2. The van der Waals surface area contributed by atoms with Crippen molar-refractivity contribution in [1.82, 2.24) is 4.98 Å². The molecule has 24 heavy (non-hydrogen) atoms. The van der Waals surface area contributed by atoms with Gasteiger partial charge in [0.1, 0.15) is 0 Å². The van der Waals surface area contributed by atoms with Gasteiger partial charge >= 0.3 is 0 Å². The number of aryl methyl sites for hydroxylation is 2. The summed E-state index contributed by atoms with van der Waals surface area (Å²) in [5, 5.41) is 2.86. The summed E-state index contributed by atoms with van der Waals surface area (Å²) in [7, 11) is 0. The van der Waals surface area contributed by atoms with Crippen LogP contribution in [-0.4, -0.2) is 23.3 Å². The number of benzene rings is 1. The molecule has 0 radical (unpaired) electrons. The fourth-order valence-electron chi connectivity index (χ4n) is 3.54. The third kappa shape index (κ3) is 2.77. The standard InChI is InChI=1S/C19H19N3O2/c23-18-11-15(19(24)21-16-6-8-20-9-7-16)12-22(18)17-5-4-13-2-1-3-14(13)10-17/h4-10,15H,1-3,11-12H2,(H,20,21,24)/t15-/m1/s1. The molecule has 2 heterocycles. The number of fused-ring (bicyclic) bond motifs is 1. The normalized spacial score (nSPS) is 19.4. The smallest absolute Gasteiger partial charge is 0.229 e. The average Bonchev–Trinajstić information content (AvgIpc) is 3.21. The highest BCUT2D eigenvalue weighted by Gasteiger charge is 2.35. The average molecular weight is 321 g/mol. The van der Waals surface area contributed by atoms with Crippen molar-refractivity contribution in [2.75, 3.05) is 16.8 Å². The number of rotatable bonds is 3. The van der Waals surface area contributed by atoms with Crippen LogP contribution in [0.2, 0.25) is 0 Å². The number of aromatic nitrogens is 1. The minimum absolute atomic E-state index is 0.0165. The van der Waals surface area contributed by atoms with Gasteiger partial charge in [-0.05, 0) is 54.7 Å². The molecule has 0 saturated carbocycles. The zero-order valence-electron chi connectivity index (χ0n) is 13.4. The highest BCUT2D eigenvalue weighted by molar-refractivity contribution is 6.03. The SMILES string of the molecule is O=C(Nc1ccncc1)[C@@H]1CC(=O)N(c2ccc3c(c2)CCC3)C1. The van der Waals surface area contributed by atoms with E-state index in [4.69, 9.17) is 0 Å². The molecule has 122 valence electrons. The molecule has 0 unspecified atom stereocenters. The van der Waals surface area contributed by atoms with Crippen molar-refractivity contribution in [2.24, 2.45) is 5.92 Å². The third-order valence-corrected chi connectivity index (χ3v) is 4.84. The molecule has 2 aliphatic rings. The summed E-state index contributed by atoms with van der Waals surface area (Å²) in [4.78, 5) is 30.5. The molecule has 2 aromatic rings. The molecule has 1 N–H and O–H groups in total. The Labute approximate surface area is 140 Å². The molecular formula is C19H19N3O2. The van der Waals surface area contributed by atoms with Crippen molar-refractivity contribution < 1.29 is 9.59 Å². The molecule has 0 spiro atoms. The summed E-state index contributed by atoms with van der Waals surface area (Å²) in [5.41, 5.74) is 4.35. The minimum Gasteiger partial charge on any atom is -0.326 e.